The largest absolute Gasteiger partial charge is 0.506 e. The monoisotopic (exact) mass is 213 g/mol. The quantitative estimate of drug-likeness (QED) is 0.791. The number of para-hydroxylation sites is 1. The third-order valence-corrected chi connectivity index (χ3v) is 1.96. The summed E-state index contributed by atoms with van der Waals surface area (Å²) in [5, 5.41) is 12.3. The lowest BCUT2D eigenvalue weighted by Crippen LogP contribution is -2.30. The third-order valence-electron chi connectivity index (χ3n) is 1.65. The van der Waals surface area contributed by atoms with Crippen LogP contribution in [-0.2, 0) is 0 Å². The fourth-order valence-electron chi connectivity index (χ4n) is 1.04. The SMILES string of the molecule is CC(C)NC(=O)c1cccc(Cl)c1O. The van der Waals surface area contributed by atoms with Crippen molar-refractivity contribution < 1.29 is 9.90 Å². The van der Waals surface area contributed by atoms with E-state index in [9.17, 15) is 9.90 Å². The molecule has 1 amide bonds. The predicted molar refractivity (Wildman–Crippen MR) is 55.7 cm³/mol. The van der Waals surface area contributed by atoms with Crippen molar-refractivity contribution in [1.29, 1.82) is 0 Å². The maximum atomic E-state index is 11.5. The van der Waals surface area contributed by atoms with Crippen LogP contribution in [0.15, 0.2) is 18.2 Å². The lowest BCUT2D eigenvalue weighted by atomic mass is 10.2. The second-order valence-corrected chi connectivity index (χ2v) is 3.67. The van der Waals surface area contributed by atoms with Gasteiger partial charge in [-0.3, -0.25) is 4.79 Å². The highest BCUT2D eigenvalue weighted by Gasteiger charge is 2.13. The molecule has 0 atom stereocenters. The van der Waals surface area contributed by atoms with E-state index in [1.807, 2.05) is 13.8 Å². The Labute approximate surface area is 87.7 Å². The summed E-state index contributed by atoms with van der Waals surface area (Å²) in [4.78, 5) is 11.5. The number of carbonyl (C=O) groups excluding carboxylic acids is 1. The Bertz CT molecular complexity index is 350. The summed E-state index contributed by atoms with van der Waals surface area (Å²) >= 11 is 5.66. The third kappa shape index (κ3) is 2.39. The number of hydrogen-bond acceptors (Lipinski definition) is 2. The number of nitrogens with one attached hydrogen (secondary N) is 1. The van der Waals surface area contributed by atoms with E-state index in [2.05, 4.69) is 5.32 Å². The zero-order chi connectivity index (χ0) is 10.7. The molecule has 0 radical (unpaired) electrons. The molecule has 0 heterocycles. The lowest BCUT2D eigenvalue weighted by molar-refractivity contribution is 0.0940. The van der Waals surface area contributed by atoms with E-state index in [4.69, 9.17) is 11.6 Å². The van der Waals surface area contributed by atoms with Gasteiger partial charge in [-0.25, -0.2) is 0 Å². The molecule has 14 heavy (non-hydrogen) atoms. The van der Waals surface area contributed by atoms with Crippen LogP contribution in [-0.4, -0.2) is 17.1 Å². The van der Waals surface area contributed by atoms with Crippen molar-refractivity contribution >= 4 is 17.5 Å². The van der Waals surface area contributed by atoms with Crippen LogP contribution in [0.1, 0.15) is 24.2 Å². The summed E-state index contributed by atoms with van der Waals surface area (Å²) in [7, 11) is 0. The van der Waals surface area contributed by atoms with Gasteiger partial charge >= 0.3 is 0 Å². The first-order valence-electron chi connectivity index (χ1n) is 4.30. The number of phenols is 1. The number of hydrogen-bond donors (Lipinski definition) is 2. The van der Waals surface area contributed by atoms with E-state index < -0.39 is 0 Å². The molecule has 1 aromatic rings. The Kier molecular flexibility index (Phi) is 3.36. The first-order valence-corrected chi connectivity index (χ1v) is 4.68. The molecule has 0 aliphatic carbocycles. The van der Waals surface area contributed by atoms with Gasteiger partial charge in [-0.1, -0.05) is 17.7 Å². The van der Waals surface area contributed by atoms with Crippen molar-refractivity contribution in [3.8, 4) is 5.75 Å². The molecule has 1 aromatic carbocycles. The fraction of sp³-hybridized carbons (Fsp3) is 0.300. The van der Waals surface area contributed by atoms with Crippen LogP contribution in [0.5, 0.6) is 5.75 Å². The lowest BCUT2D eigenvalue weighted by Gasteiger charge is -2.09. The Morgan fingerprint density at radius 3 is 2.71 bits per heavy atom. The number of aromatic hydroxyl groups is 1. The fourth-order valence-corrected chi connectivity index (χ4v) is 1.21. The topological polar surface area (TPSA) is 49.3 Å². The highest BCUT2D eigenvalue weighted by atomic mass is 35.5. The molecular weight excluding hydrogens is 202 g/mol. The zero-order valence-corrected chi connectivity index (χ0v) is 8.80. The van der Waals surface area contributed by atoms with Crippen molar-refractivity contribution in [2.75, 3.05) is 0 Å². The van der Waals surface area contributed by atoms with Crippen LogP contribution >= 0.6 is 11.6 Å². The average molecular weight is 214 g/mol. The summed E-state index contributed by atoms with van der Waals surface area (Å²) in [5.74, 6) is -0.493. The van der Waals surface area contributed by atoms with Crippen LogP contribution in [0.25, 0.3) is 0 Å². The van der Waals surface area contributed by atoms with Gasteiger partial charge in [-0.05, 0) is 26.0 Å². The van der Waals surface area contributed by atoms with Gasteiger partial charge < -0.3 is 10.4 Å². The predicted octanol–water partition coefficient (Wildman–Crippen LogP) is 2.18. The smallest absolute Gasteiger partial charge is 0.255 e. The van der Waals surface area contributed by atoms with Gasteiger partial charge in [0.2, 0.25) is 0 Å². The number of rotatable bonds is 2. The van der Waals surface area contributed by atoms with Crippen LogP contribution in [0.4, 0.5) is 0 Å². The van der Waals surface area contributed by atoms with Crippen molar-refractivity contribution in [3.63, 3.8) is 0 Å². The molecule has 0 spiro atoms. The number of halogens is 1. The van der Waals surface area contributed by atoms with Crippen molar-refractivity contribution in [1.82, 2.24) is 5.32 Å². The summed E-state index contributed by atoms with van der Waals surface area (Å²) < 4.78 is 0. The second-order valence-electron chi connectivity index (χ2n) is 3.26. The molecule has 3 nitrogen and oxygen atoms in total. The van der Waals surface area contributed by atoms with Crippen molar-refractivity contribution in [3.05, 3.63) is 28.8 Å². The summed E-state index contributed by atoms with van der Waals surface area (Å²) in [6.07, 6.45) is 0. The van der Waals surface area contributed by atoms with Crippen LogP contribution < -0.4 is 5.32 Å². The van der Waals surface area contributed by atoms with Gasteiger partial charge in [0, 0.05) is 6.04 Å². The molecule has 4 heteroatoms. The molecule has 0 aliphatic heterocycles. The van der Waals surface area contributed by atoms with E-state index in [1.165, 1.54) is 12.1 Å². The van der Waals surface area contributed by atoms with E-state index in [-0.39, 0.29) is 28.3 Å². The maximum Gasteiger partial charge on any atom is 0.255 e. The Morgan fingerprint density at radius 2 is 2.14 bits per heavy atom. The molecule has 0 bridgehead atoms. The molecule has 0 saturated heterocycles. The number of carbonyl (C=O) groups is 1. The summed E-state index contributed by atoms with van der Waals surface area (Å²) in [6.45, 7) is 3.69. The Morgan fingerprint density at radius 1 is 1.50 bits per heavy atom. The molecular formula is C10H12ClNO2. The maximum absolute atomic E-state index is 11.5. The average Bonchev–Trinajstić information content (AvgIpc) is 2.08. The molecule has 0 unspecified atom stereocenters. The molecule has 76 valence electrons. The normalized spacial score (nSPS) is 10.3. The standard InChI is InChI=1S/C10H12ClNO2/c1-6(2)12-10(14)7-4-3-5-8(11)9(7)13/h3-6,13H,1-2H3,(H,12,14). The van der Waals surface area contributed by atoms with E-state index in [1.54, 1.807) is 6.07 Å². The summed E-state index contributed by atoms with van der Waals surface area (Å²) in [5.41, 5.74) is 0.200. The number of phenolic OH excluding ortho intramolecular Hbond substituents is 1. The van der Waals surface area contributed by atoms with E-state index in [0.717, 1.165) is 0 Å². The zero-order valence-electron chi connectivity index (χ0n) is 8.04. The molecule has 0 aromatic heterocycles. The minimum atomic E-state index is -0.319. The van der Waals surface area contributed by atoms with E-state index in [0.29, 0.717) is 0 Å². The first kappa shape index (κ1) is 10.9. The first-order chi connectivity index (χ1) is 6.52. The van der Waals surface area contributed by atoms with Gasteiger partial charge in [0.05, 0.1) is 10.6 Å². The molecule has 0 fully saturated rings. The number of benzene rings is 1. The van der Waals surface area contributed by atoms with Gasteiger partial charge in [0.15, 0.2) is 0 Å². The van der Waals surface area contributed by atoms with Crippen molar-refractivity contribution in [2.45, 2.75) is 19.9 Å². The van der Waals surface area contributed by atoms with Crippen molar-refractivity contribution in [2.24, 2.45) is 0 Å². The molecule has 0 aliphatic rings. The second kappa shape index (κ2) is 4.33. The van der Waals surface area contributed by atoms with Gasteiger partial charge in [-0.2, -0.15) is 0 Å². The Balaban J connectivity index is 2.96. The molecule has 0 saturated carbocycles. The number of amides is 1. The van der Waals surface area contributed by atoms with Crippen LogP contribution in [0.3, 0.4) is 0 Å². The van der Waals surface area contributed by atoms with Crippen LogP contribution in [0.2, 0.25) is 5.02 Å². The minimum Gasteiger partial charge on any atom is -0.506 e. The van der Waals surface area contributed by atoms with Gasteiger partial charge in [0.25, 0.3) is 5.91 Å². The molecule has 2 N–H and O–H groups in total. The Hall–Kier alpha value is -1.22. The van der Waals surface area contributed by atoms with Gasteiger partial charge in [0.1, 0.15) is 5.75 Å². The minimum absolute atomic E-state index is 0.0286. The van der Waals surface area contributed by atoms with E-state index >= 15 is 0 Å². The summed E-state index contributed by atoms with van der Waals surface area (Å²) in [6, 6.07) is 4.71. The highest BCUT2D eigenvalue weighted by Crippen LogP contribution is 2.26. The van der Waals surface area contributed by atoms with Crippen LogP contribution in [0, 0.1) is 0 Å². The van der Waals surface area contributed by atoms with Gasteiger partial charge in [-0.15, -0.1) is 0 Å². The molecule has 1 rings (SSSR count). The highest BCUT2D eigenvalue weighted by molar-refractivity contribution is 6.32.